The summed E-state index contributed by atoms with van der Waals surface area (Å²) in [5, 5.41) is 17.9. The Morgan fingerprint density at radius 1 is 1.02 bits per heavy atom. The van der Waals surface area contributed by atoms with Crippen molar-refractivity contribution < 1.29 is 37.8 Å². The fraction of sp³-hybridized carbons (Fsp3) is 0.576. The predicted molar refractivity (Wildman–Crippen MR) is 164 cm³/mol. The molecule has 0 spiro atoms. The standard InChI is InChI=1S/C28H42N4O.C5H9N.Y/c1-2-3-16-28(32-29,18-23-8-5-4-6-9-23)22-31-20-25-14-12-24(13-15-25)19-30-21-26-10-7-11-27(33)17-26;1-4(6)5-2-3-5;/h7,10-15,17,23,29-30,32-33H,2-6,8-9,16,18-22H2,1H3;2-3,6H2,1H3;/q-2;;. The first-order valence-electron chi connectivity index (χ1n) is 15.0. The van der Waals surface area contributed by atoms with Crippen molar-refractivity contribution in [2.75, 3.05) is 6.54 Å². The molecular formula is C33H51N5OY-2. The van der Waals surface area contributed by atoms with Crippen molar-refractivity contribution >= 4 is 0 Å². The summed E-state index contributed by atoms with van der Waals surface area (Å²) in [5.74, 6) is 9.18. The smallest absolute Gasteiger partial charge is 0.115 e. The van der Waals surface area contributed by atoms with Gasteiger partial charge in [0.05, 0.1) is 0 Å². The molecule has 6 N–H and O–H groups in total. The number of nitrogens with one attached hydrogen (secondary N) is 3. The van der Waals surface area contributed by atoms with Gasteiger partial charge < -0.3 is 32.7 Å². The van der Waals surface area contributed by atoms with Gasteiger partial charge in [-0.25, -0.2) is 0 Å². The zero-order valence-corrected chi connectivity index (χ0v) is 27.7. The van der Waals surface area contributed by atoms with Crippen LogP contribution in [0.5, 0.6) is 5.75 Å². The normalized spacial score (nSPS) is 16.3. The largest absolute Gasteiger partial charge is 0.657 e. The van der Waals surface area contributed by atoms with Gasteiger partial charge in [-0.3, -0.25) is 0 Å². The molecule has 1 atom stereocenters. The maximum Gasteiger partial charge on any atom is 0.115 e. The number of aromatic hydroxyl groups is 1. The minimum atomic E-state index is -0.173. The number of unbranched alkanes of at least 4 members (excludes halogenated alkanes) is 1. The van der Waals surface area contributed by atoms with Gasteiger partial charge in [-0.1, -0.05) is 99.4 Å². The van der Waals surface area contributed by atoms with Crippen molar-refractivity contribution in [2.24, 2.45) is 11.7 Å². The summed E-state index contributed by atoms with van der Waals surface area (Å²) in [5.41, 5.74) is 14.2. The van der Waals surface area contributed by atoms with Crippen LogP contribution in [0, 0.1) is 5.92 Å². The summed E-state index contributed by atoms with van der Waals surface area (Å²) in [4.78, 5) is 0. The predicted octanol–water partition coefficient (Wildman–Crippen LogP) is 8.02. The van der Waals surface area contributed by atoms with E-state index in [9.17, 15) is 5.11 Å². The van der Waals surface area contributed by atoms with Crippen LogP contribution in [0.4, 0.5) is 0 Å². The van der Waals surface area contributed by atoms with Gasteiger partial charge >= 0.3 is 0 Å². The van der Waals surface area contributed by atoms with Crippen LogP contribution in [0.3, 0.4) is 0 Å². The van der Waals surface area contributed by atoms with Crippen LogP contribution in [0.1, 0.15) is 101 Å². The van der Waals surface area contributed by atoms with Crippen molar-refractivity contribution in [2.45, 2.75) is 110 Å². The van der Waals surface area contributed by atoms with Crippen molar-refractivity contribution in [3.8, 4) is 5.75 Å². The molecule has 1 radical (unpaired) electrons. The van der Waals surface area contributed by atoms with E-state index >= 15 is 0 Å². The summed E-state index contributed by atoms with van der Waals surface area (Å²) in [6.07, 6.45) is 13.6. The number of benzene rings is 2. The van der Waals surface area contributed by atoms with Gasteiger partial charge in [-0.15, -0.1) is 13.1 Å². The van der Waals surface area contributed by atoms with Gasteiger partial charge in [0.2, 0.25) is 0 Å². The number of nitrogens with two attached hydrogens (primary N) is 1. The molecule has 2 aromatic rings. The van der Waals surface area contributed by atoms with Crippen LogP contribution in [-0.4, -0.2) is 17.2 Å². The number of allylic oxidation sites excluding steroid dienone is 2. The molecule has 0 aliphatic heterocycles. The van der Waals surface area contributed by atoms with Gasteiger partial charge in [0, 0.05) is 51.5 Å². The third-order valence-electron chi connectivity index (χ3n) is 8.04. The molecule has 2 aliphatic carbocycles. The molecular weight excluding hydrogens is 571 g/mol. The minimum absolute atomic E-state index is 0. The molecule has 6 nitrogen and oxygen atoms in total. The number of phenolic OH excluding ortho intramolecular Hbond substituents is 1. The van der Waals surface area contributed by atoms with Crippen LogP contribution in [-0.2, 0) is 52.3 Å². The monoisotopic (exact) mass is 622 g/mol. The van der Waals surface area contributed by atoms with E-state index in [1.807, 2.05) is 19.1 Å². The Morgan fingerprint density at radius 3 is 2.27 bits per heavy atom. The summed E-state index contributed by atoms with van der Waals surface area (Å²) in [6.45, 7) is 7.14. The Balaban J connectivity index is 0.000000707. The van der Waals surface area contributed by atoms with E-state index in [4.69, 9.17) is 16.9 Å². The second-order valence-electron chi connectivity index (χ2n) is 11.6. The SMILES string of the molecule is CC(N)=C1CC1.CCCCC(C[N-]Cc1ccc(CNCc2cccc(O)c2)cc1)(CC1CCCCC1)N[NH-].[Y]. The Bertz CT molecular complexity index is 996. The van der Waals surface area contributed by atoms with Crippen LogP contribution in [0.15, 0.2) is 59.8 Å². The van der Waals surface area contributed by atoms with E-state index in [-0.39, 0.29) is 38.2 Å². The van der Waals surface area contributed by atoms with E-state index < -0.39 is 0 Å². The first-order valence-corrected chi connectivity index (χ1v) is 15.0. The summed E-state index contributed by atoms with van der Waals surface area (Å²) >= 11 is 0. The Labute approximate surface area is 268 Å². The molecule has 2 aromatic carbocycles. The molecule has 2 aliphatic rings. The van der Waals surface area contributed by atoms with Gasteiger partial charge in [0.15, 0.2) is 0 Å². The third-order valence-corrected chi connectivity index (χ3v) is 8.04. The molecule has 0 amide bonds. The second-order valence-corrected chi connectivity index (χ2v) is 11.6. The molecule has 219 valence electrons. The van der Waals surface area contributed by atoms with E-state index in [0.29, 0.717) is 12.3 Å². The van der Waals surface area contributed by atoms with Crippen LogP contribution in [0.25, 0.3) is 11.2 Å². The molecule has 4 rings (SSSR count). The van der Waals surface area contributed by atoms with E-state index in [0.717, 1.165) is 62.5 Å². The van der Waals surface area contributed by atoms with Crippen LogP contribution < -0.4 is 16.5 Å². The molecule has 2 fully saturated rings. The van der Waals surface area contributed by atoms with E-state index in [1.54, 1.807) is 12.1 Å². The fourth-order valence-electron chi connectivity index (χ4n) is 5.49. The quantitative estimate of drug-likeness (QED) is 0.160. The minimum Gasteiger partial charge on any atom is -0.657 e. The Hall–Kier alpha value is -1.28. The molecule has 7 heteroatoms. The van der Waals surface area contributed by atoms with Gasteiger partial charge in [-0.05, 0) is 67.3 Å². The average molecular weight is 623 g/mol. The molecule has 0 saturated heterocycles. The van der Waals surface area contributed by atoms with Gasteiger partial charge in [-0.2, -0.15) is 0 Å². The Morgan fingerprint density at radius 2 is 1.70 bits per heavy atom. The summed E-state index contributed by atoms with van der Waals surface area (Å²) in [6, 6.07) is 16.0. The maximum absolute atomic E-state index is 9.57. The zero-order chi connectivity index (χ0) is 27.9. The number of hydrogen-bond acceptors (Lipinski definition) is 4. The first-order chi connectivity index (χ1) is 18.9. The van der Waals surface area contributed by atoms with Crippen LogP contribution in [0.2, 0.25) is 0 Å². The fourth-order valence-corrected chi connectivity index (χ4v) is 5.49. The van der Waals surface area contributed by atoms with Gasteiger partial charge in [0.25, 0.3) is 0 Å². The number of phenols is 1. The number of rotatable bonds is 14. The average Bonchev–Trinajstić information content (AvgIpc) is 3.80. The molecule has 1 unspecified atom stereocenters. The van der Waals surface area contributed by atoms with Crippen molar-refractivity contribution in [1.29, 1.82) is 0 Å². The van der Waals surface area contributed by atoms with Crippen LogP contribution >= 0.6 is 0 Å². The molecule has 0 aromatic heterocycles. The summed E-state index contributed by atoms with van der Waals surface area (Å²) in [7, 11) is 0. The van der Waals surface area contributed by atoms with Gasteiger partial charge in [0.1, 0.15) is 5.75 Å². The van der Waals surface area contributed by atoms with E-state index in [1.165, 1.54) is 61.6 Å². The maximum atomic E-state index is 9.57. The number of hydrogen-bond donors (Lipinski definition) is 4. The molecule has 40 heavy (non-hydrogen) atoms. The van der Waals surface area contributed by atoms with Crippen molar-refractivity contribution in [3.63, 3.8) is 0 Å². The second kappa shape index (κ2) is 19.0. The van der Waals surface area contributed by atoms with E-state index in [2.05, 4.69) is 41.9 Å². The topological polar surface area (TPSA) is 108 Å². The van der Waals surface area contributed by atoms with Crippen molar-refractivity contribution in [1.82, 2.24) is 10.7 Å². The first kappa shape index (κ1) is 34.9. The van der Waals surface area contributed by atoms with Crippen molar-refractivity contribution in [3.05, 3.63) is 87.7 Å². The zero-order valence-electron chi connectivity index (χ0n) is 24.9. The molecule has 0 bridgehead atoms. The third kappa shape index (κ3) is 13.1. The molecule has 2 saturated carbocycles. The summed E-state index contributed by atoms with van der Waals surface area (Å²) < 4.78 is 0. The molecule has 0 heterocycles. The number of nitrogens with zero attached hydrogens (tertiary/aromatic N) is 1. The Kier molecular flexibility index (Phi) is 16.6.